The van der Waals surface area contributed by atoms with Gasteiger partial charge in [-0.3, -0.25) is 4.79 Å². The average Bonchev–Trinajstić information content (AvgIpc) is 2.65. The summed E-state index contributed by atoms with van der Waals surface area (Å²) >= 11 is 0. The average molecular weight is 206 g/mol. The van der Waals surface area contributed by atoms with Crippen LogP contribution in [0.3, 0.4) is 0 Å². The van der Waals surface area contributed by atoms with E-state index in [0.717, 1.165) is 12.8 Å². The molecule has 0 N–H and O–H groups in total. The van der Waals surface area contributed by atoms with Crippen molar-refractivity contribution in [1.82, 2.24) is 0 Å². The largest absolute Gasteiger partial charge is 0.365 e. The summed E-state index contributed by atoms with van der Waals surface area (Å²) in [5.41, 5.74) is -0.228. The van der Waals surface area contributed by atoms with Gasteiger partial charge in [0, 0.05) is 5.92 Å². The number of carbonyl (C=O) groups excluding carboxylic acids is 1. The van der Waals surface area contributed by atoms with E-state index in [1.54, 1.807) is 0 Å². The van der Waals surface area contributed by atoms with Crippen LogP contribution in [0.1, 0.15) is 39.0 Å². The molecule has 0 unspecified atom stereocenters. The van der Waals surface area contributed by atoms with Crippen molar-refractivity contribution < 1.29 is 9.53 Å². The molecule has 1 saturated heterocycles. The fourth-order valence-electron chi connectivity index (χ4n) is 3.37. The molecule has 2 heteroatoms. The highest BCUT2D eigenvalue weighted by atomic mass is 16.5. The van der Waals surface area contributed by atoms with Crippen molar-refractivity contribution in [3.05, 3.63) is 12.2 Å². The number of rotatable bonds is 0. The molecular weight excluding hydrogens is 188 g/mol. The van der Waals surface area contributed by atoms with E-state index in [9.17, 15) is 4.79 Å². The second kappa shape index (κ2) is 3.18. The van der Waals surface area contributed by atoms with Gasteiger partial charge in [-0.1, -0.05) is 31.4 Å². The molecule has 2 nitrogen and oxygen atoms in total. The van der Waals surface area contributed by atoms with Gasteiger partial charge in [-0.25, -0.2) is 0 Å². The summed E-state index contributed by atoms with van der Waals surface area (Å²) in [5.74, 6) is 0.610. The van der Waals surface area contributed by atoms with Gasteiger partial charge in [-0.15, -0.1) is 0 Å². The molecule has 4 atom stereocenters. The maximum absolute atomic E-state index is 12.4. The van der Waals surface area contributed by atoms with Crippen LogP contribution in [-0.4, -0.2) is 18.0 Å². The molecule has 4 bridgehead atoms. The predicted octanol–water partition coefficient (Wildman–Crippen LogP) is 2.48. The number of Topliss-reactive ketones (excluding diaryl/α,β-unsaturated/α-hetero) is 1. The molecule has 2 fully saturated rings. The lowest BCUT2D eigenvalue weighted by molar-refractivity contribution is -0.160. The topological polar surface area (TPSA) is 26.3 Å². The minimum atomic E-state index is -0.228. The maximum atomic E-state index is 12.4. The summed E-state index contributed by atoms with van der Waals surface area (Å²) in [6, 6.07) is 0. The van der Waals surface area contributed by atoms with Crippen LogP contribution in [0.15, 0.2) is 12.2 Å². The minimum Gasteiger partial charge on any atom is -0.365 e. The summed E-state index contributed by atoms with van der Waals surface area (Å²) in [6.45, 7) is 2.10. The van der Waals surface area contributed by atoms with Gasteiger partial charge >= 0.3 is 0 Å². The third-order valence-corrected chi connectivity index (χ3v) is 4.41. The number of carbonyl (C=O) groups is 1. The molecule has 0 aromatic heterocycles. The summed E-state index contributed by atoms with van der Waals surface area (Å²) in [6.07, 6.45) is 10.0. The standard InChI is InChI=1S/C13H18O2/c1-13-8-4-2-3-5-9(12(13)14)10-6-7-11(13)15-10/h6-7,9-11H,2-5,8H2,1H3/t9-,10-,11+,13+/m1/s1. The highest BCUT2D eigenvalue weighted by molar-refractivity contribution is 5.89. The second-order valence-electron chi connectivity index (χ2n) is 5.39. The van der Waals surface area contributed by atoms with Gasteiger partial charge in [0.25, 0.3) is 0 Å². The van der Waals surface area contributed by atoms with Crippen molar-refractivity contribution in [3.63, 3.8) is 0 Å². The number of hydrogen-bond acceptors (Lipinski definition) is 2. The van der Waals surface area contributed by atoms with Gasteiger partial charge in [0.1, 0.15) is 5.78 Å². The van der Waals surface area contributed by atoms with Crippen LogP contribution in [0.25, 0.3) is 0 Å². The van der Waals surface area contributed by atoms with Crippen LogP contribution < -0.4 is 0 Å². The molecular formula is C13H18O2. The lowest BCUT2D eigenvalue weighted by atomic mass is 9.68. The van der Waals surface area contributed by atoms with E-state index < -0.39 is 0 Å². The Morgan fingerprint density at radius 3 is 3.07 bits per heavy atom. The summed E-state index contributed by atoms with van der Waals surface area (Å²) < 4.78 is 5.94. The first-order valence-corrected chi connectivity index (χ1v) is 6.10. The Balaban J connectivity index is 2.01. The summed E-state index contributed by atoms with van der Waals surface area (Å²) in [7, 11) is 0. The van der Waals surface area contributed by atoms with E-state index in [4.69, 9.17) is 4.74 Å². The number of hydrogen-bond donors (Lipinski definition) is 0. The molecule has 2 aliphatic heterocycles. The van der Waals surface area contributed by atoms with Gasteiger partial charge < -0.3 is 4.74 Å². The van der Waals surface area contributed by atoms with E-state index in [2.05, 4.69) is 19.1 Å². The number of ketones is 1. The van der Waals surface area contributed by atoms with Gasteiger partial charge in [0.15, 0.2) is 0 Å². The van der Waals surface area contributed by atoms with Crippen LogP contribution in [0, 0.1) is 11.3 Å². The quantitative estimate of drug-likeness (QED) is 0.569. The molecule has 2 heterocycles. The highest BCUT2D eigenvalue weighted by Crippen LogP contribution is 2.47. The lowest BCUT2D eigenvalue weighted by Gasteiger charge is -2.43. The van der Waals surface area contributed by atoms with E-state index in [0.29, 0.717) is 5.78 Å². The molecule has 1 aliphatic carbocycles. The molecule has 0 spiro atoms. The Kier molecular flexibility index (Phi) is 2.03. The molecule has 3 aliphatic rings. The first kappa shape index (κ1) is 9.59. The Bertz CT molecular complexity index is 320. The Morgan fingerprint density at radius 1 is 1.33 bits per heavy atom. The van der Waals surface area contributed by atoms with Gasteiger partial charge in [-0.2, -0.15) is 0 Å². The number of fused-ring (bicyclic) bond motifs is 6. The molecule has 0 amide bonds. The van der Waals surface area contributed by atoms with Crippen LogP contribution in [0.4, 0.5) is 0 Å². The Labute approximate surface area is 90.7 Å². The highest BCUT2D eigenvalue weighted by Gasteiger charge is 2.53. The first-order chi connectivity index (χ1) is 7.22. The molecule has 0 aromatic rings. The predicted molar refractivity (Wildman–Crippen MR) is 57.5 cm³/mol. The maximum Gasteiger partial charge on any atom is 0.147 e. The van der Waals surface area contributed by atoms with Crippen molar-refractivity contribution in [2.24, 2.45) is 11.3 Å². The molecule has 1 saturated carbocycles. The third kappa shape index (κ3) is 1.24. The van der Waals surface area contributed by atoms with E-state index in [1.807, 2.05) is 0 Å². The Morgan fingerprint density at radius 2 is 2.20 bits per heavy atom. The van der Waals surface area contributed by atoms with Crippen LogP contribution in [0.5, 0.6) is 0 Å². The first-order valence-electron chi connectivity index (χ1n) is 6.10. The second-order valence-corrected chi connectivity index (χ2v) is 5.39. The van der Waals surface area contributed by atoms with Crippen molar-refractivity contribution in [1.29, 1.82) is 0 Å². The van der Waals surface area contributed by atoms with Gasteiger partial charge in [-0.05, 0) is 19.8 Å². The number of ether oxygens (including phenoxy) is 1. The molecule has 82 valence electrons. The molecule has 0 radical (unpaired) electrons. The van der Waals surface area contributed by atoms with Crippen LogP contribution >= 0.6 is 0 Å². The zero-order valence-corrected chi connectivity index (χ0v) is 9.24. The summed E-state index contributed by atoms with van der Waals surface area (Å²) in [5, 5.41) is 0. The smallest absolute Gasteiger partial charge is 0.147 e. The van der Waals surface area contributed by atoms with Crippen LogP contribution in [0.2, 0.25) is 0 Å². The van der Waals surface area contributed by atoms with Crippen molar-refractivity contribution >= 4 is 5.78 Å². The zero-order chi connectivity index (χ0) is 10.5. The Hall–Kier alpha value is -0.630. The fraction of sp³-hybridized carbons (Fsp3) is 0.769. The SMILES string of the molecule is C[C@@]12CCCCC[C@@H](C1=O)[C@H]1C=C[C@@H]2O1. The van der Waals surface area contributed by atoms with Crippen molar-refractivity contribution in [2.45, 2.75) is 51.2 Å². The van der Waals surface area contributed by atoms with E-state index in [-0.39, 0.29) is 23.5 Å². The van der Waals surface area contributed by atoms with E-state index in [1.165, 1.54) is 19.3 Å². The van der Waals surface area contributed by atoms with Gasteiger partial charge in [0.05, 0.1) is 17.6 Å². The molecule has 3 rings (SSSR count). The normalized spacial score (nSPS) is 48.9. The zero-order valence-electron chi connectivity index (χ0n) is 9.24. The van der Waals surface area contributed by atoms with Gasteiger partial charge in [0.2, 0.25) is 0 Å². The molecule has 15 heavy (non-hydrogen) atoms. The third-order valence-electron chi connectivity index (χ3n) is 4.41. The van der Waals surface area contributed by atoms with Crippen molar-refractivity contribution in [3.8, 4) is 0 Å². The van der Waals surface area contributed by atoms with E-state index >= 15 is 0 Å². The fourth-order valence-corrected chi connectivity index (χ4v) is 3.37. The minimum absolute atomic E-state index is 0.0596. The summed E-state index contributed by atoms with van der Waals surface area (Å²) in [4.78, 5) is 12.4. The van der Waals surface area contributed by atoms with Crippen LogP contribution in [-0.2, 0) is 9.53 Å². The monoisotopic (exact) mass is 206 g/mol. The molecule has 0 aromatic carbocycles. The van der Waals surface area contributed by atoms with Crippen molar-refractivity contribution in [2.75, 3.05) is 0 Å². The lowest BCUT2D eigenvalue weighted by Crippen LogP contribution is -2.51.